The first-order chi connectivity index (χ1) is 13.7. The average Bonchev–Trinajstić information content (AvgIpc) is 3.28. The monoisotopic (exact) mass is 411 g/mol. The smallest absolute Gasteiger partial charge is 0.352 e. The van der Waals surface area contributed by atoms with E-state index in [1.807, 2.05) is 4.90 Å². The number of hydrogen-bond acceptors (Lipinski definition) is 4. The summed E-state index contributed by atoms with van der Waals surface area (Å²) in [5, 5.41) is 4.60. The highest BCUT2D eigenvalue weighted by Gasteiger charge is 2.38. The van der Waals surface area contributed by atoms with E-state index in [-0.39, 0.29) is 5.39 Å². The number of nitrogens with zero attached hydrogens (tertiary/aromatic N) is 5. The topological polar surface area (TPSA) is 37.2 Å². The van der Waals surface area contributed by atoms with Crippen molar-refractivity contribution in [2.24, 2.45) is 7.05 Å². The maximum atomic E-state index is 14.7. The number of piperazine rings is 1. The van der Waals surface area contributed by atoms with Gasteiger partial charge in [-0.25, -0.2) is 13.8 Å². The number of hydrogen-bond donors (Lipinski definition) is 0. The minimum absolute atomic E-state index is 0.0948. The molecule has 2 aromatic heterocycles. The van der Waals surface area contributed by atoms with Gasteiger partial charge >= 0.3 is 6.18 Å². The van der Waals surface area contributed by atoms with Crippen molar-refractivity contribution in [3.05, 3.63) is 29.5 Å². The van der Waals surface area contributed by atoms with E-state index in [4.69, 9.17) is 0 Å². The lowest BCUT2D eigenvalue weighted by Gasteiger charge is -2.38. The molecule has 5 nitrogen and oxygen atoms in total. The van der Waals surface area contributed by atoms with E-state index in [0.29, 0.717) is 41.9 Å². The fourth-order valence-corrected chi connectivity index (χ4v) is 4.55. The number of rotatable bonds is 1. The van der Waals surface area contributed by atoms with Crippen molar-refractivity contribution in [1.29, 1.82) is 0 Å². The zero-order valence-electron chi connectivity index (χ0n) is 15.6. The molecule has 29 heavy (non-hydrogen) atoms. The van der Waals surface area contributed by atoms with Gasteiger partial charge in [0.25, 0.3) is 0 Å². The number of pyridine rings is 1. The Morgan fingerprint density at radius 2 is 1.83 bits per heavy atom. The van der Waals surface area contributed by atoms with Crippen molar-refractivity contribution in [3.63, 3.8) is 0 Å². The molecule has 154 valence electrons. The molecule has 1 unspecified atom stereocenters. The molecule has 1 aromatic carbocycles. The molecule has 0 saturated carbocycles. The Labute approximate surface area is 162 Å². The lowest BCUT2D eigenvalue weighted by atomic mass is 10.1. The number of benzene rings is 1. The molecule has 5 rings (SSSR count). The Hall–Kier alpha value is -2.49. The van der Waals surface area contributed by atoms with E-state index in [2.05, 4.69) is 15.0 Å². The normalized spacial score (nSPS) is 20.8. The van der Waals surface area contributed by atoms with Crippen LogP contribution in [0, 0.1) is 11.6 Å². The molecule has 0 N–H and O–H groups in total. The Morgan fingerprint density at radius 3 is 2.59 bits per heavy atom. The summed E-state index contributed by atoms with van der Waals surface area (Å²) in [5.74, 6) is -3.12. The second kappa shape index (κ2) is 6.25. The average molecular weight is 411 g/mol. The number of halogens is 5. The molecule has 2 aliphatic rings. The minimum Gasteiger partial charge on any atom is -0.352 e. The predicted octanol–water partition coefficient (Wildman–Crippen LogP) is 3.70. The van der Waals surface area contributed by atoms with Gasteiger partial charge in [-0.2, -0.15) is 18.3 Å². The molecule has 0 spiro atoms. The summed E-state index contributed by atoms with van der Waals surface area (Å²) in [4.78, 5) is 8.66. The fraction of sp³-hybridized carbons (Fsp3) is 0.474. The standard InChI is InChI=1S/C19H18F5N5/c1-27-9-12-11-7-13(19(22,23)24)14(20)15(21)16(11)25-18(17(12)26-27)29-6-5-28-4-2-3-10(28)8-29/h7,9-10H,2-6,8H2,1H3. The van der Waals surface area contributed by atoms with Crippen LogP contribution in [-0.2, 0) is 13.2 Å². The molecular formula is C19H18F5N5. The van der Waals surface area contributed by atoms with Crippen LogP contribution in [0.15, 0.2) is 12.3 Å². The molecule has 1 atom stereocenters. The lowest BCUT2D eigenvalue weighted by molar-refractivity contribution is -0.140. The number of alkyl halides is 3. The summed E-state index contributed by atoms with van der Waals surface area (Å²) in [5.41, 5.74) is -1.65. The highest BCUT2D eigenvalue weighted by atomic mass is 19.4. The van der Waals surface area contributed by atoms with Crippen LogP contribution in [0.5, 0.6) is 0 Å². The van der Waals surface area contributed by atoms with Gasteiger partial charge in [0.05, 0.1) is 5.56 Å². The summed E-state index contributed by atoms with van der Waals surface area (Å²) in [7, 11) is 1.63. The molecule has 4 heterocycles. The van der Waals surface area contributed by atoms with Crippen molar-refractivity contribution < 1.29 is 22.0 Å². The Morgan fingerprint density at radius 1 is 1.03 bits per heavy atom. The van der Waals surface area contributed by atoms with Crippen LogP contribution in [0.2, 0.25) is 0 Å². The van der Waals surface area contributed by atoms with Crippen LogP contribution >= 0.6 is 0 Å². The van der Waals surface area contributed by atoms with Crippen LogP contribution in [0.25, 0.3) is 21.8 Å². The van der Waals surface area contributed by atoms with Crippen molar-refractivity contribution in [3.8, 4) is 0 Å². The summed E-state index contributed by atoms with van der Waals surface area (Å²) in [6.07, 6.45) is -1.33. The molecule has 2 saturated heterocycles. The minimum atomic E-state index is -5.01. The third-order valence-electron chi connectivity index (χ3n) is 5.92. The van der Waals surface area contributed by atoms with E-state index in [9.17, 15) is 22.0 Å². The van der Waals surface area contributed by atoms with Crippen LogP contribution in [0.3, 0.4) is 0 Å². The van der Waals surface area contributed by atoms with Gasteiger partial charge in [0.2, 0.25) is 0 Å². The molecule has 2 aliphatic heterocycles. The van der Waals surface area contributed by atoms with Crippen LogP contribution in [0.4, 0.5) is 27.8 Å². The quantitative estimate of drug-likeness (QED) is 0.573. The number of fused-ring (bicyclic) bond motifs is 4. The first-order valence-corrected chi connectivity index (χ1v) is 9.45. The zero-order valence-corrected chi connectivity index (χ0v) is 15.6. The van der Waals surface area contributed by atoms with E-state index in [1.165, 1.54) is 10.9 Å². The van der Waals surface area contributed by atoms with Gasteiger partial charge in [0.1, 0.15) is 11.0 Å². The van der Waals surface area contributed by atoms with Crippen molar-refractivity contribution in [2.75, 3.05) is 31.1 Å². The van der Waals surface area contributed by atoms with Crippen LogP contribution < -0.4 is 4.90 Å². The molecule has 0 aliphatic carbocycles. The maximum absolute atomic E-state index is 14.7. The lowest BCUT2D eigenvalue weighted by Crippen LogP contribution is -2.50. The predicted molar refractivity (Wildman–Crippen MR) is 97.7 cm³/mol. The van der Waals surface area contributed by atoms with Gasteiger partial charge in [-0.1, -0.05) is 0 Å². The van der Waals surface area contributed by atoms with Gasteiger partial charge in [0.15, 0.2) is 17.5 Å². The van der Waals surface area contributed by atoms with Crippen molar-refractivity contribution in [2.45, 2.75) is 25.1 Å². The highest BCUT2D eigenvalue weighted by Crippen LogP contribution is 2.39. The summed E-state index contributed by atoms with van der Waals surface area (Å²) in [6.45, 7) is 3.19. The molecule has 3 aromatic rings. The van der Waals surface area contributed by atoms with Crippen molar-refractivity contribution >= 4 is 27.6 Å². The second-order valence-electron chi connectivity index (χ2n) is 7.72. The van der Waals surface area contributed by atoms with E-state index < -0.39 is 28.9 Å². The molecule has 2 fully saturated rings. The summed E-state index contributed by atoms with van der Waals surface area (Å²) in [6, 6.07) is 0.984. The molecule has 0 bridgehead atoms. The van der Waals surface area contributed by atoms with E-state index >= 15 is 0 Å². The zero-order chi connectivity index (χ0) is 20.5. The largest absolute Gasteiger partial charge is 0.419 e. The number of anilines is 1. The third kappa shape index (κ3) is 2.84. The number of aromatic nitrogens is 3. The molecule has 0 amide bonds. The van der Waals surface area contributed by atoms with Gasteiger partial charge < -0.3 is 4.90 Å². The van der Waals surface area contributed by atoms with Gasteiger partial charge in [-0.05, 0) is 25.5 Å². The van der Waals surface area contributed by atoms with E-state index in [1.54, 1.807) is 7.05 Å². The van der Waals surface area contributed by atoms with Gasteiger partial charge in [0, 0.05) is 49.7 Å². The Kier molecular flexibility index (Phi) is 4.00. The summed E-state index contributed by atoms with van der Waals surface area (Å²) >= 11 is 0. The number of aryl methyl sites for hydroxylation is 1. The second-order valence-corrected chi connectivity index (χ2v) is 7.72. The first kappa shape index (κ1) is 18.5. The Bertz CT molecular complexity index is 1120. The maximum Gasteiger partial charge on any atom is 0.419 e. The SMILES string of the molecule is Cn1cc2c(n1)c(N1CCN3CCCC3C1)nc1c(F)c(F)c(C(F)(F)F)cc12. The Balaban J connectivity index is 1.74. The van der Waals surface area contributed by atoms with Gasteiger partial charge in [-0.15, -0.1) is 0 Å². The van der Waals surface area contributed by atoms with Gasteiger partial charge in [-0.3, -0.25) is 9.58 Å². The van der Waals surface area contributed by atoms with Crippen LogP contribution in [-0.4, -0.2) is 51.9 Å². The summed E-state index contributed by atoms with van der Waals surface area (Å²) < 4.78 is 69.9. The first-order valence-electron chi connectivity index (χ1n) is 9.45. The van der Waals surface area contributed by atoms with E-state index in [0.717, 1.165) is 25.9 Å². The molecule has 10 heteroatoms. The third-order valence-corrected chi connectivity index (χ3v) is 5.92. The molecule has 0 radical (unpaired) electrons. The van der Waals surface area contributed by atoms with Crippen molar-refractivity contribution in [1.82, 2.24) is 19.7 Å². The fourth-order valence-electron chi connectivity index (χ4n) is 4.55. The molecular weight excluding hydrogens is 393 g/mol. The van der Waals surface area contributed by atoms with Crippen LogP contribution in [0.1, 0.15) is 18.4 Å². The highest BCUT2D eigenvalue weighted by molar-refractivity contribution is 6.09.